The van der Waals surface area contributed by atoms with Crippen LogP contribution in [0.3, 0.4) is 0 Å². The number of carbonyl (C=O) groups is 3. The molecule has 4 N–H and O–H groups in total. The van der Waals surface area contributed by atoms with Gasteiger partial charge in [0.1, 0.15) is 23.6 Å². The van der Waals surface area contributed by atoms with Crippen LogP contribution in [0.5, 0.6) is 11.5 Å². The fourth-order valence-corrected chi connectivity index (χ4v) is 4.26. The van der Waals surface area contributed by atoms with Crippen LogP contribution in [0.2, 0.25) is 0 Å². The Morgan fingerprint density at radius 2 is 1.49 bits per heavy atom. The van der Waals surface area contributed by atoms with E-state index in [4.69, 9.17) is 24.4 Å². The molecule has 3 aromatic rings. The summed E-state index contributed by atoms with van der Waals surface area (Å²) in [5.74, 6) is -0.0956. The van der Waals surface area contributed by atoms with Crippen molar-refractivity contribution < 1.29 is 33.3 Å². The van der Waals surface area contributed by atoms with E-state index in [1.165, 1.54) is 0 Å². The summed E-state index contributed by atoms with van der Waals surface area (Å²) >= 11 is 0. The van der Waals surface area contributed by atoms with Crippen molar-refractivity contribution in [2.24, 2.45) is 0 Å². The quantitative estimate of drug-likeness (QED) is 0.0910. The molecule has 12 heteroatoms. The molecule has 0 spiro atoms. The number of ether oxygens (including phenoxy) is 4. The zero-order chi connectivity index (χ0) is 36.4. The molecule has 0 saturated heterocycles. The number of nitrogens with zero attached hydrogens (tertiary/aromatic N) is 1. The minimum absolute atomic E-state index is 0.127. The fraction of sp³-hybridized carbons (Fsp3) is 0.405. The lowest BCUT2D eigenvalue weighted by Crippen LogP contribution is -2.36. The number of alkyl carbamates (subject to hydrolysis) is 1. The van der Waals surface area contributed by atoms with Crippen LogP contribution in [0.1, 0.15) is 70.0 Å². The largest absolute Gasteiger partial charge is 0.488 e. The molecule has 3 aromatic carbocycles. The number of para-hydroxylation sites is 2. The number of anilines is 2. The van der Waals surface area contributed by atoms with Crippen LogP contribution in [0, 0.1) is 5.41 Å². The van der Waals surface area contributed by atoms with Crippen molar-refractivity contribution in [3.63, 3.8) is 0 Å². The van der Waals surface area contributed by atoms with E-state index in [2.05, 4.69) is 16.0 Å². The molecule has 264 valence electrons. The number of esters is 1. The molecule has 49 heavy (non-hydrogen) atoms. The van der Waals surface area contributed by atoms with Gasteiger partial charge in [-0.05, 0) is 105 Å². The number of rotatable bonds is 13. The second kappa shape index (κ2) is 16.8. The molecular formula is C37H49N5O7. The minimum atomic E-state index is -0.723. The van der Waals surface area contributed by atoms with Crippen molar-refractivity contribution in [1.29, 1.82) is 5.41 Å². The summed E-state index contributed by atoms with van der Waals surface area (Å²) in [7, 11) is 3.94. The van der Waals surface area contributed by atoms with Gasteiger partial charge in [-0.1, -0.05) is 24.3 Å². The van der Waals surface area contributed by atoms with Gasteiger partial charge in [-0.3, -0.25) is 15.5 Å². The van der Waals surface area contributed by atoms with Crippen molar-refractivity contribution in [3.05, 3.63) is 83.4 Å². The number of hydrogen-bond donors (Lipinski definition) is 4. The lowest BCUT2D eigenvalue weighted by atomic mass is 10.1. The van der Waals surface area contributed by atoms with Gasteiger partial charge < -0.3 is 34.5 Å². The van der Waals surface area contributed by atoms with Gasteiger partial charge in [-0.25, -0.2) is 9.59 Å². The highest BCUT2D eigenvalue weighted by atomic mass is 16.6. The molecule has 0 saturated carbocycles. The van der Waals surface area contributed by atoms with Crippen LogP contribution < -0.4 is 25.4 Å². The summed E-state index contributed by atoms with van der Waals surface area (Å²) in [5, 5.41) is 16.8. The van der Waals surface area contributed by atoms with Gasteiger partial charge >= 0.3 is 12.1 Å². The molecule has 2 amide bonds. The highest BCUT2D eigenvalue weighted by Gasteiger charge is 2.21. The minimum Gasteiger partial charge on any atom is -0.488 e. The van der Waals surface area contributed by atoms with E-state index in [0.717, 1.165) is 0 Å². The summed E-state index contributed by atoms with van der Waals surface area (Å²) in [6.07, 6.45) is -0.723. The van der Waals surface area contributed by atoms with Crippen LogP contribution in [0.4, 0.5) is 16.2 Å². The fourth-order valence-electron chi connectivity index (χ4n) is 4.26. The van der Waals surface area contributed by atoms with Crippen molar-refractivity contribution in [2.75, 3.05) is 37.9 Å². The van der Waals surface area contributed by atoms with E-state index >= 15 is 0 Å². The summed E-state index contributed by atoms with van der Waals surface area (Å²) < 4.78 is 22.8. The highest BCUT2D eigenvalue weighted by molar-refractivity contribution is 6.08. The lowest BCUT2D eigenvalue weighted by Gasteiger charge is -2.23. The zero-order valence-corrected chi connectivity index (χ0v) is 29.9. The van der Waals surface area contributed by atoms with E-state index in [1.807, 2.05) is 44.1 Å². The third-order valence-corrected chi connectivity index (χ3v) is 6.87. The summed E-state index contributed by atoms with van der Waals surface area (Å²) in [6.45, 7) is 13.0. The van der Waals surface area contributed by atoms with E-state index in [-0.39, 0.29) is 30.9 Å². The third-order valence-electron chi connectivity index (χ3n) is 6.87. The Morgan fingerprint density at radius 3 is 2.12 bits per heavy atom. The number of benzene rings is 3. The predicted molar refractivity (Wildman–Crippen MR) is 191 cm³/mol. The predicted octanol–water partition coefficient (Wildman–Crippen LogP) is 6.45. The SMILES string of the molecule is C[C@H](COc1cccc(CNc2ccccc2C(=O)Nc2ccc(C(=N)NC(=O)OC(C)(C)C)cc2)c1OCC(=O)OC(C)(C)C)N(C)C. The van der Waals surface area contributed by atoms with Crippen LogP contribution in [0.25, 0.3) is 0 Å². The molecule has 0 aromatic heterocycles. The van der Waals surface area contributed by atoms with E-state index in [0.29, 0.717) is 46.2 Å². The van der Waals surface area contributed by atoms with Crippen LogP contribution in [-0.4, -0.2) is 73.3 Å². The zero-order valence-electron chi connectivity index (χ0n) is 29.9. The first kappa shape index (κ1) is 38.3. The van der Waals surface area contributed by atoms with E-state index in [9.17, 15) is 14.4 Å². The first-order chi connectivity index (χ1) is 22.9. The number of amidine groups is 1. The number of hydrogen-bond acceptors (Lipinski definition) is 10. The molecule has 0 unspecified atom stereocenters. The first-order valence-electron chi connectivity index (χ1n) is 16.0. The summed E-state index contributed by atoms with van der Waals surface area (Å²) in [5.41, 5.74) is 1.29. The molecule has 0 aliphatic carbocycles. The van der Waals surface area contributed by atoms with Gasteiger partial charge in [0.25, 0.3) is 5.91 Å². The number of likely N-dealkylation sites (N-methyl/N-ethyl adjacent to an activating group) is 1. The molecule has 0 heterocycles. The topological polar surface area (TPSA) is 151 Å². The van der Waals surface area contributed by atoms with Crippen molar-refractivity contribution in [1.82, 2.24) is 10.2 Å². The molecule has 12 nitrogen and oxygen atoms in total. The van der Waals surface area contributed by atoms with E-state index < -0.39 is 23.3 Å². The van der Waals surface area contributed by atoms with Gasteiger partial charge in [0.15, 0.2) is 18.1 Å². The van der Waals surface area contributed by atoms with Gasteiger partial charge in [-0.15, -0.1) is 0 Å². The van der Waals surface area contributed by atoms with Crippen molar-refractivity contribution >= 4 is 35.2 Å². The molecule has 0 fully saturated rings. The smallest absolute Gasteiger partial charge is 0.413 e. The summed E-state index contributed by atoms with van der Waals surface area (Å²) in [4.78, 5) is 40.0. The Labute approximate surface area is 289 Å². The number of nitrogens with one attached hydrogen (secondary N) is 4. The maximum atomic E-state index is 13.4. The second-order valence-electron chi connectivity index (χ2n) is 13.7. The third kappa shape index (κ3) is 12.8. The molecule has 3 rings (SSSR count). The molecule has 0 aliphatic rings. The Kier molecular flexibility index (Phi) is 13.2. The van der Waals surface area contributed by atoms with Crippen molar-refractivity contribution in [2.45, 2.75) is 72.3 Å². The Bertz CT molecular complexity index is 1610. The summed E-state index contributed by atoms with van der Waals surface area (Å²) in [6, 6.07) is 19.2. The Hall–Kier alpha value is -5.10. The van der Waals surface area contributed by atoms with Crippen LogP contribution >= 0.6 is 0 Å². The monoisotopic (exact) mass is 675 g/mol. The number of amides is 2. The van der Waals surface area contributed by atoms with Gasteiger partial charge in [-0.2, -0.15) is 0 Å². The molecule has 1 atom stereocenters. The van der Waals surface area contributed by atoms with Crippen LogP contribution in [0.15, 0.2) is 66.7 Å². The highest BCUT2D eigenvalue weighted by Crippen LogP contribution is 2.33. The van der Waals surface area contributed by atoms with Gasteiger partial charge in [0.2, 0.25) is 0 Å². The molecule has 0 radical (unpaired) electrons. The van der Waals surface area contributed by atoms with Gasteiger partial charge in [0, 0.05) is 35.1 Å². The average molecular weight is 676 g/mol. The molecular weight excluding hydrogens is 626 g/mol. The van der Waals surface area contributed by atoms with Crippen LogP contribution in [-0.2, 0) is 20.8 Å². The molecule has 0 bridgehead atoms. The first-order valence-corrected chi connectivity index (χ1v) is 16.0. The normalized spacial score (nSPS) is 12.0. The van der Waals surface area contributed by atoms with Gasteiger partial charge in [0.05, 0.1) is 5.56 Å². The lowest BCUT2D eigenvalue weighted by molar-refractivity contribution is -0.157. The maximum Gasteiger partial charge on any atom is 0.413 e. The second-order valence-corrected chi connectivity index (χ2v) is 13.7. The van der Waals surface area contributed by atoms with Crippen molar-refractivity contribution in [3.8, 4) is 11.5 Å². The maximum absolute atomic E-state index is 13.4. The average Bonchev–Trinajstić information content (AvgIpc) is 3.00. The standard InChI is InChI=1S/C37H49N5O7/c1-24(42(8)9)22-46-30-16-12-13-26(32(30)47-23-31(43)48-36(2,3)4)21-39-29-15-11-10-14-28(29)34(44)40-27-19-17-25(18-20-27)33(38)41-35(45)49-37(5,6)7/h10-20,24,39H,21-23H2,1-9H3,(H,40,44)(H2,38,41,45)/t24-/m1/s1. The van der Waals surface area contributed by atoms with E-state index in [1.54, 1.807) is 90.1 Å². The Morgan fingerprint density at radius 1 is 0.837 bits per heavy atom. The Balaban J connectivity index is 1.74. The number of carbonyl (C=O) groups excluding carboxylic acids is 3. The molecule has 0 aliphatic heterocycles.